The first-order valence-electron chi connectivity index (χ1n) is 10.6. The summed E-state index contributed by atoms with van der Waals surface area (Å²) in [4.78, 5) is 8.89. The van der Waals surface area contributed by atoms with E-state index in [1.165, 1.54) is 0 Å². The van der Waals surface area contributed by atoms with Gasteiger partial charge in [-0.2, -0.15) is 5.10 Å². The molecule has 2 aromatic heterocycles. The van der Waals surface area contributed by atoms with E-state index in [1.54, 1.807) is 6.20 Å². The molecule has 158 valence electrons. The lowest BCUT2D eigenvalue weighted by atomic mass is 10.1. The van der Waals surface area contributed by atoms with Crippen LogP contribution in [0.3, 0.4) is 0 Å². The molecule has 0 atom stereocenters. The highest BCUT2D eigenvalue weighted by Gasteiger charge is 2.11. The molecule has 5 heteroatoms. The summed E-state index contributed by atoms with van der Waals surface area (Å²) < 4.78 is 0. The molecule has 4 rings (SSSR count). The highest BCUT2D eigenvalue weighted by atomic mass is 15.1. The first kappa shape index (κ1) is 24.6. The molecule has 0 saturated carbocycles. The highest BCUT2D eigenvalue weighted by Crippen LogP contribution is 2.29. The van der Waals surface area contributed by atoms with Gasteiger partial charge in [0, 0.05) is 17.4 Å². The Kier molecular flexibility index (Phi) is 11.9. The molecular weight excluding hydrogens is 370 g/mol. The molecule has 2 aromatic carbocycles. The van der Waals surface area contributed by atoms with Crippen molar-refractivity contribution in [3.63, 3.8) is 0 Å². The maximum absolute atomic E-state index is 4.60. The van der Waals surface area contributed by atoms with Gasteiger partial charge in [-0.3, -0.25) is 5.10 Å². The van der Waals surface area contributed by atoms with Crippen molar-refractivity contribution in [3.05, 3.63) is 79.1 Å². The van der Waals surface area contributed by atoms with Crippen molar-refractivity contribution >= 4 is 11.6 Å². The summed E-state index contributed by atoms with van der Waals surface area (Å²) in [6.07, 6.45) is 3.56. The summed E-state index contributed by atoms with van der Waals surface area (Å²) in [6.45, 7) is 12.0. The van der Waals surface area contributed by atoms with Crippen LogP contribution in [0.15, 0.2) is 79.1 Å². The Labute approximate surface area is 180 Å². The maximum Gasteiger partial charge on any atom is 0.227 e. The molecule has 4 aromatic rings. The van der Waals surface area contributed by atoms with Crippen LogP contribution in [-0.2, 0) is 0 Å². The fraction of sp³-hybridized carbons (Fsp3) is 0.240. The van der Waals surface area contributed by atoms with E-state index < -0.39 is 0 Å². The molecule has 0 aliphatic carbocycles. The predicted octanol–water partition coefficient (Wildman–Crippen LogP) is 7.36. The Balaban J connectivity index is 0.000000691. The minimum absolute atomic E-state index is 0.548. The summed E-state index contributed by atoms with van der Waals surface area (Å²) >= 11 is 0. The summed E-state index contributed by atoms with van der Waals surface area (Å²) in [7, 11) is 0. The number of rotatable bonds is 4. The maximum atomic E-state index is 4.60. The van der Waals surface area contributed by atoms with Gasteiger partial charge in [-0.15, -0.1) is 0 Å². The Hall–Kier alpha value is -3.47. The van der Waals surface area contributed by atoms with Crippen molar-refractivity contribution in [1.29, 1.82) is 0 Å². The van der Waals surface area contributed by atoms with Crippen molar-refractivity contribution in [2.24, 2.45) is 0 Å². The molecule has 30 heavy (non-hydrogen) atoms. The van der Waals surface area contributed by atoms with Crippen LogP contribution in [-0.4, -0.2) is 20.2 Å². The molecule has 0 aliphatic heterocycles. The summed E-state index contributed by atoms with van der Waals surface area (Å²) in [5.74, 6) is 0.548. The Bertz CT molecular complexity index is 934. The normalized spacial score (nSPS) is 9.00. The Morgan fingerprint density at radius 2 is 1.33 bits per heavy atom. The molecule has 0 radical (unpaired) electrons. The average molecular weight is 404 g/mol. The van der Waals surface area contributed by atoms with Gasteiger partial charge in [0.1, 0.15) is 0 Å². The van der Waals surface area contributed by atoms with Gasteiger partial charge >= 0.3 is 0 Å². The third-order valence-corrected chi connectivity index (χ3v) is 3.67. The summed E-state index contributed by atoms with van der Waals surface area (Å²) in [6, 6.07) is 21.8. The van der Waals surface area contributed by atoms with Gasteiger partial charge in [-0.1, -0.05) is 90.1 Å². The summed E-state index contributed by atoms with van der Waals surface area (Å²) in [5.41, 5.74) is 4.72. The molecule has 2 N–H and O–H groups in total. The van der Waals surface area contributed by atoms with Crippen LogP contribution >= 0.6 is 0 Å². The van der Waals surface area contributed by atoms with Crippen LogP contribution in [0, 0.1) is 0 Å². The molecule has 0 spiro atoms. The van der Waals surface area contributed by atoms with E-state index in [0.29, 0.717) is 5.95 Å². The summed E-state index contributed by atoms with van der Waals surface area (Å²) in [5, 5.41) is 10.4. The third kappa shape index (κ3) is 6.85. The van der Waals surface area contributed by atoms with Crippen LogP contribution in [0.25, 0.3) is 22.5 Å². The van der Waals surface area contributed by atoms with Gasteiger partial charge in [-0.25, -0.2) is 9.97 Å². The molecule has 0 bridgehead atoms. The number of nitrogens with zero attached hydrogens (tertiary/aromatic N) is 3. The minimum atomic E-state index is 0.548. The van der Waals surface area contributed by atoms with Gasteiger partial charge in [0.25, 0.3) is 0 Å². The van der Waals surface area contributed by atoms with Gasteiger partial charge in [0.15, 0.2) is 0 Å². The monoisotopic (exact) mass is 403 g/mol. The number of benzene rings is 2. The van der Waals surface area contributed by atoms with Gasteiger partial charge in [-0.05, 0) is 23.8 Å². The van der Waals surface area contributed by atoms with E-state index in [4.69, 9.17) is 0 Å². The molecule has 0 amide bonds. The quantitative estimate of drug-likeness (QED) is 0.373. The number of hydrogen-bond donors (Lipinski definition) is 2. The van der Waals surface area contributed by atoms with Gasteiger partial charge < -0.3 is 5.32 Å². The topological polar surface area (TPSA) is 66.5 Å². The van der Waals surface area contributed by atoms with Crippen LogP contribution < -0.4 is 5.32 Å². The molecule has 0 fully saturated rings. The second-order valence-corrected chi connectivity index (χ2v) is 5.28. The van der Waals surface area contributed by atoms with Crippen LogP contribution in [0.1, 0.15) is 41.5 Å². The minimum Gasteiger partial charge on any atom is -0.324 e. The lowest BCUT2D eigenvalue weighted by Gasteiger charge is -2.07. The highest BCUT2D eigenvalue weighted by molar-refractivity contribution is 5.78. The zero-order valence-electron chi connectivity index (χ0n) is 18.8. The van der Waals surface area contributed by atoms with E-state index in [1.807, 2.05) is 102 Å². The van der Waals surface area contributed by atoms with Gasteiger partial charge in [0.2, 0.25) is 5.95 Å². The smallest absolute Gasteiger partial charge is 0.227 e. The van der Waals surface area contributed by atoms with Crippen LogP contribution in [0.4, 0.5) is 11.6 Å². The van der Waals surface area contributed by atoms with Crippen molar-refractivity contribution in [1.82, 2.24) is 20.2 Å². The standard InChI is InChI=1S/C19H15N5.3C2H6/c1-3-7-14(8-4-1)16-13-21-24-18(16)17-11-12-20-19(23-17)22-15-9-5-2-6-10-15;3*1-2/h1-13H,(H,21,24)(H,20,22,23);3*1-2H3. The fourth-order valence-electron chi connectivity index (χ4n) is 2.53. The van der Waals surface area contributed by atoms with Crippen molar-refractivity contribution < 1.29 is 0 Å². The molecule has 5 nitrogen and oxygen atoms in total. The Morgan fingerprint density at radius 3 is 1.97 bits per heavy atom. The predicted molar refractivity (Wildman–Crippen MR) is 129 cm³/mol. The molecule has 2 heterocycles. The number of anilines is 2. The first-order chi connectivity index (χ1) is 14.9. The van der Waals surface area contributed by atoms with Crippen LogP contribution in [0.2, 0.25) is 0 Å². The Morgan fingerprint density at radius 1 is 0.733 bits per heavy atom. The molecular formula is C25H33N5. The third-order valence-electron chi connectivity index (χ3n) is 3.67. The number of nitrogens with one attached hydrogen (secondary N) is 2. The van der Waals surface area contributed by atoms with E-state index in [9.17, 15) is 0 Å². The average Bonchev–Trinajstić information content (AvgIpc) is 3.35. The van der Waals surface area contributed by atoms with E-state index in [-0.39, 0.29) is 0 Å². The first-order valence-corrected chi connectivity index (χ1v) is 10.6. The van der Waals surface area contributed by atoms with Crippen LogP contribution in [0.5, 0.6) is 0 Å². The molecule has 0 aliphatic rings. The number of H-pyrrole nitrogens is 1. The lowest BCUT2D eigenvalue weighted by molar-refractivity contribution is 1.08. The van der Waals surface area contributed by atoms with Gasteiger partial charge in [0.05, 0.1) is 17.6 Å². The number of hydrogen-bond acceptors (Lipinski definition) is 4. The second-order valence-electron chi connectivity index (χ2n) is 5.28. The molecule has 0 unspecified atom stereocenters. The zero-order chi connectivity index (χ0) is 22.2. The van der Waals surface area contributed by atoms with E-state index >= 15 is 0 Å². The fourth-order valence-corrected chi connectivity index (χ4v) is 2.53. The SMILES string of the molecule is CC.CC.CC.c1ccc(Nc2nccc(-c3[nH]ncc3-c3ccccc3)n2)cc1. The van der Waals surface area contributed by atoms with Crippen molar-refractivity contribution in [2.75, 3.05) is 5.32 Å². The number of aromatic nitrogens is 4. The van der Waals surface area contributed by atoms with Crippen molar-refractivity contribution in [2.45, 2.75) is 41.5 Å². The number of aromatic amines is 1. The van der Waals surface area contributed by atoms with E-state index in [2.05, 4.69) is 37.6 Å². The lowest BCUT2D eigenvalue weighted by Crippen LogP contribution is -1.98. The van der Waals surface area contributed by atoms with E-state index in [0.717, 1.165) is 28.2 Å². The molecule has 0 saturated heterocycles. The second kappa shape index (κ2) is 14.5. The van der Waals surface area contributed by atoms with Crippen molar-refractivity contribution in [3.8, 4) is 22.5 Å². The largest absolute Gasteiger partial charge is 0.324 e. The zero-order valence-corrected chi connectivity index (χ0v) is 18.8. The number of para-hydroxylation sites is 1.